The van der Waals surface area contributed by atoms with Crippen LogP contribution in [0, 0.1) is 0 Å². The van der Waals surface area contributed by atoms with Gasteiger partial charge in [-0.25, -0.2) is 4.98 Å². The summed E-state index contributed by atoms with van der Waals surface area (Å²) in [6.07, 6.45) is 3.96. The molecule has 96 valence electrons. The van der Waals surface area contributed by atoms with E-state index in [1.165, 1.54) is 0 Å². The van der Waals surface area contributed by atoms with E-state index in [2.05, 4.69) is 4.98 Å². The normalized spacial score (nSPS) is 22.0. The van der Waals surface area contributed by atoms with Crippen LogP contribution in [0.4, 0.5) is 0 Å². The molecule has 1 atom stereocenters. The van der Waals surface area contributed by atoms with E-state index >= 15 is 0 Å². The number of rotatable bonds is 4. The van der Waals surface area contributed by atoms with Crippen LogP contribution < -0.4 is 4.74 Å². The van der Waals surface area contributed by atoms with E-state index in [-0.39, 0.29) is 12.0 Å². The Morgan fingerprint density at radius 2 is 2.28 bits per heavy atom. The molecule has 2 saturated heterocycles. The van der Waals surface area contributed by atoms with E-state index in [1.54, 1.807) is 18.3 Å². The van der Waals surface area contributed by atoms with Gasteiger partial charge in [-0.15, -0.1) is 0 Å². The molecule has 3 heterocycles. The number of carbonyl (C=O) groups is 1. The number of hydrogen-bond donors (Lipinski definition) is 0. The summed E-state index contributed by atoms with van der Waals surface area (Å²) in [5.74, 6) is 0.532. The molecule has 0 bridgehead atoms. The van der Waals surface area contributed by atoms with E-state index in [1.807, 2.05) is 4.90 Å². The van der Waals surface area contributed by atoms with Gasteiger partial charge in [-0.05, 0) is 25.0 Å². The van der Waals surface area contributed by atoms with Crippen molar-refractivity contribution in [1.29, 1.82) is 0 Å². The highest BCUT2D eigenvalue weighted by Crippen LogP contribution is 2.21. The molecular weight excluding hydrogens is 232 g/mol. The second-order valence-corrected chi connectivity index (χ2v) is 4.62. The van der Waals surface area contributed by atoms with Crippen molar-refractivity contribution in [2.24, 2.45) is 0 Å². The average Bonchev–Trinajstić information content (AvgIpc) is 3.08. The fourth-order valence-corrected chi connectivity index (χ4v) is 2.08. The van der Waals surface area contributed by atoms with E-state index in [4.69, 9.17) is 9.47 Å². The summed E-state index contributed by atoms with van der Waals surface area (Å²) in [6, 6.07) is 3.57. The number of aromatic nitrogens is 1. The summed E-state index contributed by atoms with van der Waals surface area (Å²) in [6.45, 7) is 2.88. The first-order chi connectivity index (χ1) is 8.84. The molecule has 1 unspecified atom stereocenters. The molecule has 1 aromatic rings. The molecule has 1 aromatic heterocycles. The molecule has 2 aliphatic heterocycles. The number of carbonyl (C=O) groups excluding carboxylic acids is 1. The zero-order chi connectivity index (χ0) is 12.4. The predicted octanol–water partition coefficient (Wildman–Crippen LogP) is 1.10. The van der Waals surface area contributed by atoms with Crippen LogP contribution in [0.2, 0.25) is 0 Å². The second-order valence-electron chi connectivity index (χ2n) is 4.62. The van der Waals surface area contributed by atoms with Gasteiger partial charge in [-0.1, -0.05) is 0 Å². The number of ether oxygens (including phenoxy) is 2. The summed E-state index contributed by atoms with van der Waals surface area (Å²) in [4.78, 5) is 18.3. The summed E-state index contributed by atoms with van der Waals surface area (Å²) in [5.41, 5.74) is 0.417. The molecule has 0 aliphatic carbocycles. The highest BCUT2D eigenvalue weighted by Gasteiger charge is 2.26. The Kier molecular flexibility index (Phi) is 3.15. The fraction of sp³-hybridized carbons (Fsp3) is 0.538. The molecular formula is C13H16N2O3. The van der Waals surface area contributed by atoms with Crippen LogP contribution >= 0.6 is 0 Å². The maximum Gasteiger partial charge on any atom is 0.276 e. The van der Waals surface area contributed by atoms with Gasteiger partial charge in [0.1, 0.15) is 12.7 Å². The van der Waals surface area contributed by atoms with Crippen molar-refractivity contribution >= 4 is 5.91 Å². The summed E-state index contributed by atoms with van der Waals surface area (Å²) in [5, 5.41) is 0. The number of hydrogen-bond acceptors (Lipinski definition) is 4. The largest absolute Gasteiger partial charge is 0.488 e. The predicted molar refractivity (Wildman–Crippen MR) is 64.6 cm³/mol. The van der Waals surface area contributed by atoms with Crippen molar-refractivity contribution in [3.63, 3.8) is 0 Å². The van der Waals surface area contributed by atoms with Crippen LogP contribution in [0.15, 0.2) is 18.3 Å². The summed E-state index contributed by atoms with van der Waals surface area (Å²) >= 11 is 0. The Morgan fingerprint density at radius 3 is 3.00 bits per heavy atom. The first-order valence-electron chi connectivity index (χ1n) is 6.33. The van der Waals surface area contributed by atoms with Crippen molar-refractivity contribution in [2.45, 2.75) is 18.9 Å². The lowest BCUT2D eigenvalue weighted by atomic mass is 10.3. The minimum Gasteiger partial charge on any atom is -0.488 e. The topological polar surface area (TPSA) is 55.0 Å². The van der Waals surface area contributed by atoms with Gasteiger partial charge in [-0.2, -0.15) is 0 Å². The van der Waals surface area contributed by atoms with Crippen LogP contribution in [-0.2, 0) is 4.74 Å². The third kappa shape index (κ3) is 2.46. The van der Waals surface area contributed by atoms with Crippen molar-refractivity contribution in [1.82, 2.24) is 9.88 Å². The van der Waals surface area contributed by atoms with Crippen molar-refractivity contribution < 1.29 is 14.3 Å². The Bertz CT molecular complexity index is 440. The van der Waals surface area contributed by atoms with Gasteiger partial charge in [0.05, 0.1) is 6.61 Å². The Labute approximate surface area is 106 Å². The van der Waals surface area contributed by atoms with Crippen LogP contribution in [0.1, 0.15) is 23.3 Å². The summed E-state index contributed by atoms with van der Waals surface area (Å²) in [7, 11) is 0. The van der Waals surface area contributed by atoms with Crippen LogP contribution in [0.25, 0.3) is 0 Å². The van der Waals surface area contributed by atoms with Gasteiger partial charge in [0.25, 0.3) is 5.91 Å². The highest BCUT2D eigenvalue weighted by atomic mass is 16.6. The van der Waals surface area contributed by atoms with Gasteiger partial charge < -0.3 is 14.4 Å². The minimum atomic E-state index is -0.0279. The average molecular weight is 248 g/mol. The molecule has 2 fully saturated rings. The van der Waals surface area contributed by atoms with Crippen LogP contribution in [0.3, 0.4) is 0 Å². The second kappa shape index (κ2) is 4.94. The highest BCUT2D eigenvalue weighted by molar-refractivity contribution is 5.95. The Hall–Kier alpha value is -1.62. The van der Waals surface area contributed by atoms with Crippen molar-refractivity contribution in [3.8, 4) is 5.75 Å². The lowest BCUT2D eigenvalue weighted by molar-refractivity contribution is 0.0781. The monoisotopic (exact) mass is 248 g/mol. The van der Waals surface area contributed by atoms with Crippen molar-refractivity contribution in [3.05, 3.63) is 24.0 Å². The maximum absolute atomic E-state index is 12.3. The SMILES string of the molecule is O=C(c1ncccc1OCC1CO1)N1CCCC1. The zero-order valence-electron chi connectivity index (χ0n) is 10.2. The maximum atomic E-state index is 12.3. The molecule has 0 N–H and O–H groups in total. The van der Waals surface area contributed by atoms with E-state index in [9.17, 15) is 4.79 Å². The van der Waals surface area contributed by atoms with Gasteiger partial charge in [0.2, 0.25) is 0 Å². The quantitative estimate of drug-likeness (QED) is 0.749. The molecule has 0 spiro atoms. The Balaban J connectivity index is 1.74. The standard InChI is InChI=1S/C13H16N2O3/c16-13(15-6-1-2-7-15)12-11(4-3-5-14-12)18-9-10-8-17-10/h3-5,10H,1-2,6-9H2. The van der Waals surface area contributed by atoms with Crippen LogP contribution in [0.5, 0.6) is 5.75 Å². The van der Waals surface area contributed by atoms with E-state index in [0.717, 1.165) is 32.5 Å². The van der Waals surface area contributed by atoms with Gasteiger partial charge in [0.15, 0.2) is 11.4 Å². The van der Waals surface area contributed by atoms with E-state index in [0.29, 0.717) is 18.1 Å². The van der Waals surface area contributed by atoms with Crippen molar-refractivity contribution in [2.75, 3.05) is 26.3 Å². The molecule has 3 rings (SSSR count). The number of pyridine rings is 1. The Morgan fingerprint density at radius 1 is 1.50 bits per heavy atom. The zero-order valence-corrected chi connectivity index (χ0v) is 10.2. The lowest BCUT2D eigenvalue weighted by Gasteiger charge is -2.16. The molecule has 18 heavy (non-hydrogen) atoms. The fourth-order valence-electron chi connectivity index (χ4n) is 2.08. The van der Waals surface area contributed by atoms with Gasteiger partial charge >= 0.3 is 0 Å². The van der Waals surface area contributed by atoms with Gasteiger partial charge in [0, 0.05) is 19.3 Å². The lowest BCUT2D eigenvalue weighted by Crippen LogP contribution is -2.29. The number of likely N-dealkylation sites (tertiary alicyclic amines) is 1. The number of nitrogens with zero attached hydrogens (tertiary/aromatic N) is 2. The molecule has 5 heteroatoms. The van der Waals surface area contributed by atoms with Crippen LogP contribution in [-0.4, -0.2) is 48.2 Å². The molecule has 0 aromatic carbocycles. The number of amides is 1. The first-order valence-corrected chi connectivity index (χ1v) is 6.33. The minimum absolute atomic E-state index is 0.0279. The molecule has 5 nitrogen and oxygen atoms in total. The van der Waals surface area contributed by atoms with Gasteiger partial charge in [-0.3, -0.25) is 4.79 Å². The third-order valence-corrected chi connectivity index (χ3v) is 3.19. The first kappa shape index (κ1) is 11.5. The van der Waals surface area contributed by atoms with E-state index < -0.39 is 0 Å². The third-order valence-electron chi connectivity index (χ3n) is 3.19. The summed E-state index contributed by atoms with van der Waals surface area (Å²) < 4.78 is 10.7. The smallest absolute Gasteiger partial charge is 0.276 e. The molecule has 0 radical (unpaired) electrons. The molecule has 1 amide bonds. The molecule has 0 saturated carbocycles. The molecule has 2 aliphatic rings. The number of epoxide rings is 1.